The Morgan fingerprint density at radius 1 is 1.09 bits per heavy atom. The van der Waals surface area contributed by atoms with Gasteiger partial charge in [0.1, 0.15) is 11.5 Å². The van der Waals surface area contributed by atoms with Crippen LogP contribution in [0, 0.1) is 0 Å². The van der Waals surface area contributed by atoms with Crippen molar-refractivity contribution < 1.29 is 4.74 Å². The number of H-pyrrole nitrogens is 1. The molecule has 0 aliphatic carbocycles. The van der Waals surface area contributed by atoms with Crippen LogP contribution in [0.3, 0.4) is 0 Å². The van der Waals surface area contributed by atoms with Crippen molar-refractivity contribution >= 4 is 22.5 Å². The van der Waals surface area contributed by atoms with Gasteiger partial charge >= 0.3 is 0 Å². The lowest BCUT2D eigenvalue weighted by Gasteiger charge is -2.19. The molecule has 0 radical (unpaired) electrons. The number of halogens is 1. The fraction of sp³-hybridized carbons (Fsp3) is 0.222. The number of benzene rings is 2. The minimum atomic E-state index is 0.262. The molecule has 1 aromatic heterocycles. The molecule has 0 aliphatic heterocycles. The van der Waals surface area contributed by atoms with Crippen molar-refractivity contribution in [3.8, 4) is 11.5 Å². The summed E-state index contributed by atoms with van der Waals surface area (Å²) in [4.78, 5) is 5.45. The van der Waals surface area contributed by atoms with Crippen molar-refractivity contribution in [1.29, 1.82) is 0 Å². The topological polar surface area (TPSA) is 28.3 Å². The Hall–Kier alpha value is -1.97. The van der Waals surface area contributed by atoms with Gasteiger partial charge in [0.05, 0.1) is 5.02 Å². The largest absolute Gasteiger partial charge is 0.456 e. The Morgan fingerprint density at radius 3 is 2.50 bits per heavy atom. The smallest absolute Gasteiger partial charge is 0.146 e. The number of rotatable bonds is 4. The van der Waals surface area contributed by atoms with E-state index >= 15 is 0 Å². The third-order valence-corrected chi connectivity index (χ3v) is 4.35. The molecule has 0 aliphatic rings. The van der Waals surface area contributed by atoms with Crippen LogP contribution in [0.1, 0.15) is 18.5 Å². The van der Waals surface area contributed by atoms with E-state index in [0.717, 1.165) is 16.7 Å². The van der Waals surface area contributed by atoms with E-state index in [1.807, 2.05) is 48.7 Å². The van der Waals surface area contributed by atoms with E-state index in [1.165, 1.54) is 5.56 Å². The number of hydrogen-bond donors (Lipinski definition) is 1. The minimum absolute atomic E-state index is 0.262. The number of hydrogen-bond acceptors (Lipinski definition) is 2. The minimum Gasteiger partial charge on any atom is -0.456 e. The van der Waals surface area contributed by atoms with E-state index in [9.17, 15) is 0 Å². The van der Waals surface area contributed by atoms with Crippen molar-refractivity contribution in [2.75, 3.05) is 14.1 Å². The number of para-hydroxylation sites is 1. The van der Waals surface area contributed by atoms with E-state index in [2.05, 4.69) is 30.9 Å². The van der Waals surface area contributed by atoms with Gasteiger partial charge in [0.25, 0.3) is 0 Å². The summed E-state index contributed by atoms with van der Waals surface area (Å²) in [5.74, 6) is 1.45. The lowest BCUT2D eigenvalue weighted by Crippen LogP contribution is -2.16. The molecule has 1 unspecified atom stereocenters. The van der Waals surface area contributed by atoms with Crippen LogP contribution in [0.2, 0.25) is 5.02 Å². The molecule has 0 saturated carbocycles. The van der Waals surface area contributed by atoms with Gasteiger partial charge in [0, 0.05) is 23.1 Å². The first-order chi connectivity index (χ1) is 10.6. The number of nitrogens with one attached hydrogen (secondary N) is 1. The predicted octanol–water partition coefficient (Wildman–Crippen LogP) is 5.24. The zero-order chi connectivity index (χ0) is 15.7. The third kappa shape index (κ3) is 2.70. The fourth-order valence-electron chi connectivity index (χ4n) is 2.49. The summed E-state index contributed by atoms with van der Waals surface area (Å²) < 4.78 is 5.92. The Morgan fingerprint density at radius 2 is 1.82 bits per heavy atom. The Kier molecular flexibility index (Phi) is 4.10. The monoisotopic (exact) mass is 314 g/mol. The molecule has 0 bridgehead atoms. The van der Waals surface area contributed by atoms with Crippen LogP contribution in [0.25, 0.3) is 10.9 Å². The second-order valence-corrected chi connectivity index (χ2v) is 5.98. The molecule has 0 spiro atoms. The molecule has 2 aromatic carbocycles. The summed E-state index contributed by atoms with van der Waals surface area (Å²) >= 11 is 6.62. The van der Waals surface area contributed by atoms with Crippen molar-refractivity contribution in [3.63, 3.8) is 0 Å². The van der Waals surface area contributed by atoms with Crippen LogP contribution in [0.15, 0.2) is 48.7 Å². The molecule has 0 saturated heterocycles. The normalized spacial score (nSPS) is 12.8. The average molecular weight is 315 g/mol. The maximum atomic E-state index is 6.62. The second kappa shape index (κ2) is 6.03. The van der Waals surface area contributed by atoms with Gasteiger partial charge in [-0.15, -0.1) is 0 Å². The molecule has 1 N–H and O–H groups in total. The summed E-state index contributed by atoms with van der Waals surface area (Å²) in [5.41, 5.74) is 2.19. The molecule has 1 atom stereocenters. The Bertz CT molecular complexity index is 780. The quantitative estimate of drug-likeness (QED) is 0.713. The molecule has 4 heteroatoms. The predicted molar refractivity (Wildman–Crippen MR) is 91.9 cm³/mol. The standard InChI is InChI=1S/C18H19ClN2O/c1-12(21(2)3)14-11-20-15-9-10-16(18(19)17(14)15)22-13-7-5-4-6-8-13/h4-12,20H,1-3H3. The van der Waals surface area contributed by atoms with Crippen LogP contribution in [-0.4, -0.2) is 24.0 Å². The van der Waals surface area contributed by atoms with Crippen LogP contribution in [-0.2, 0) is 0 Å². The number of nitrogens with zero attached hydrogens (tertiary/aromatic N) is 1. The molecule has 22 heavy (non-hydrogen) atoms. The van der Waals surface area contributed by atoms with E-state index in [1.54, 1.807) is 0 Å². The molecule has 0 amide bonds. The van der Waals surface area contributed by atoms with Gasteiger partial charge in [-0.3, -0.25) is 0 Å². The average Bonchev–Trinajstić information content (AvgIpc) is 2.95. The van der Waals surface area contributed by atoms with E-state index in [-0.39, 0.29) is 6.04 Å². The summed E-state index contributed by atoms with van der Waals surface area (Å²) in [6, 6.07) is 13.8. The lowest BCUT2D eigenvalue weighted by atomic mass is 10.1. The first-order valence-corrected chi connectivity index (χ1v) is 7.64. The van der Waals surface area contributed by atoms with Gasteiger partial charge in [-0.25, -0.2) is 0 Å². The maximum absolute atomic E-state index is 6.62. The molecular formula is C18H19ClN2O. The molecule has 114 valence electrons. The van der Waals surface area contributed by atoms with Crippen LogP contribution >= 0.6 is 11.6 Å². The third-order valence-electron chi connectivity index (χ3n) is 3.97. The maximum Gasteiger partial charge on any atom is 0.146 e. The lowest BCUT2D eigenvalue weighted by molar-refractivity contribution is 0.323. The summed E-state index contributed by atoms with van der Waals surface area (Å²) in [5, 5.41) is 1.67. The zero-order valence-electron chi connectivity index (χ0n) is 12.9. The highest BCUT2D eigenvalue weighted by molar-refractivity contribution is 6.37. The highest BCUT2D eigenvalue weighted by atomic mass is 35.5. The number of aromatic nitrogens is 1. The Balaban J connectivity index is 2.06. The highest BCUT2D eigenvalue weighted by Gasteiger charge is 2.18. The summed E-state index contributed by atoms with van der Waals surface area (Å²) in [7, 11) is 4.11. The van der Waals surface area contributed by atoms with Crippen molar-refractivity contribution in [2.45, 2.75) is 13.0 Å². The van der Waals surface area contributed by atoms with Gasteiger partial charge in [0.15, 0.2) is 0 Å². The van der Waals surface area contributed by atoms with Crippen LogP contribution in [0.4, 0.5) is 0 Å². The van der Waals surface area contributed by atoms with Crippen molar-refractivity contribution in [1.82, 2.24) is 9.88 Å². The van der Waals surface area contributed by atoms with Gasteiger partial charge < -0.3 is 14.6 Å². The zero-order valence-corrected chi connectivity index (χ0v) is 13.7. The fourth-order valence-corrected chi connectivity index (χ4v) is 2.80. The van der Waals surface area contributed by atoms with E-state index in [0.29, 0.717) is 10.8 Å². The van der Waals surface area contributed by atoms with Gasteiger partial charge in [0.2, 0.25) is 0 Å². The number of aromatic amines is 1. The van der Waals surface area contributed by atoms with Gasteiger partial charge in [-0.1, -0.05) is 29.8 Å². The molecule has 3 nitrogen and oxygen atoms in total. The van der Waals surface area contributed by atoms with E-state index < -0.39 is 0 Å². The first kappa shape index (κ1) is 14.9. The SMILES string of the molecule is CC(c1c[nH]c2ccc(Oc3ccccc3)c(Cl)c12)N(C)C. The molecule has 0 fully saturated rings. The molecule has 3 rings (SSSR count). The molecule has 3 aromatic rings. The molecule has 1 heterocycles. The second-order valence-electron chi connectivity index (χ2n) is 5.60. The van der Waals surface area contributed by atoms with Crippen LogP contribution in [0.5, 0.6) is 11.5 Å². The van der Waals surface area contributed by atoms with Gasteiger partial charge in [-0.2, -0.15) is 0 Å². The van der Waals surface area contributed by atoms with Crippen molar-refractivity contribution in [2.24, 2.45) is 0 Å². The summed E-state index contributed by atoms with van der Waals surface area (Å²) in [6.45, 7) is 2.16. The first-order valence-electron chi connectivity index (χ1n) is 7.26. The Labute approximate surface area is 135 Å². The number of ether oxygens (including phenoxy) is 1. The van der Waals surface area contributed by atoms with Gasteiger partial charge in [-0.05, 0) is 50.8 Å². The van der Waals surface area contributed by atoms with Crippen molar-refractivity contribution in [3.05, 3.63) is 59.2 Å². The molecular weight excluding hydrogens is 296 g/mol. The summed E-state index contributed by atoms with van der Waals surface area (Å²) in [6.07, 6.45) is 2.02. The van der Waals surface area contributed by atoms with Crippen LogP contribution < -0.4 is 4.74 Å². The number of fused-ring (bicyclic) bond motifs is 1. The van der Waals surface area contributed by atoms with E-state index in [4.69, 9.17) is 16.3 Å². The highest BCUT2D eigenvalue weighted by Crippen LogP contribution is 2.39.